The van der Waals surface area contributed by atoms with Gasteiger partial charge in [-0.3, -0.25) is 0 Å². The van der Waals surface area contributed by atoms with E-state index in [1.165, 1.54) is 12.1 Å². The first-order valence-electron chi connectivity index (χ1n) is 4.54. The summed E-state index contributed by atoms with van der Waals surface area (Å²) >= 11 is 3.21. The molecule has 1 atom stereocenters. The summed E-state index contributed by atoms with van der Waals surface area (Å²) in [7, 11) is 1.73. The Hall–Kier alpha value is -0.650. The lowest BCUT2D eigenvalue weighted by molar-refractivity contribution is 0.106. The summed E-state index contributed by atoms with van der Waals surface area (Å²) in [5, 5.41) is 12.1. The zero-order valence-electron chi connectivity index (χ0n) is 8.34. The lowest BCUT2D eigenvalue weighted by atomic mass is 10.3. The number of hydrogen-bond donors (Lipinski definition) is 2. The highest BCUT2D eigenvalue weighted by molar-refractivity contribution is 9.10. The zero-order chi connectivity index (χ0) is 11.3. The number of hydrogen-bond acceptors (Lipinski definition) is 3. The van der Waals surface area contributed by atoms with Crippen molar-refractivity contribution in [3.63, 3.8) is 0 Å². The number of rotatable bonds is 5. The zero-order valence-corrected chi connectivity index (χ0v) is 9.92. The molecule has 0 aliphatic carbocycles. The fraction of sp³-hybridized carbons (Fsp3) is 0.400. The van der Waals surface area contributed by atoms with Gasteiger partial charge in [0.25, 0.3) is 0 Å². The average molecular weight is 278 g/mol. The van der Waals surface area contributed by atoms with Gasteiger partial charge in [0.1, 0.15) is 12.7 Å². The van der Waals surface area contributed by atoms with Crippen LogP contribution in [0, 0.1) is 5.82 Å². The molecule has 0 aliphatic heterocycles. The maximum atomic E-state index is 13.2. The predicted molar refractivity (Wildman–Crippen MR) is 59.5 cm³/mol. The second-order valence-corrected chi connectivity index (χ2v) is 4.01. The van der Waals surface area contributed by atoms with E-state index < -0.39 is 11.9 Å². The lowest BCUT2D eigenvalue weighted by Gasteiger charge is -2.12. The molecule has 1 unspecified atom stereocenters. The minimum Gasteiger partial charge on any atom is -0.488 e. The first-order valence-corrected chi connectivity index (χ1v) is 5.33. The Bertz CT molecular complexity index is 322. The molecule has 0 aliphatic rings. The molecule has 0 amide bonds. The molecule has 0 spiro atoms. The largest absolute Gasteiger partial charge is 0.488 e. The van der Waals surface area contributed by atoms with Crippen LogP contribution in [0.25, 0.3) is 0 Å². The summed E-state index contributed by atoms with van der Waals surface area (Å²) in [5.74, 6) is -0.297. The summed E-state index contributed by atoms with van der Waals surface area (Å²) in [6.45, 7) is 0.476. The van der Waals surface area contributed by atoms with E-state index >= 15 is 0 Å². The highest BCUT2D eigenvalue weighted by Crippen LogP contribution is 2.22. The molecule has 0 bridgehead atoms. The van der Waals surface area contributed by atoms with Gasteiger partial charge in [-0.15, -0.1) is 0 Å². The van der Waals surface area contributed by atoms with Crippen LogP contribution >= 0.6 is 15.9 Å². The molecule has 84 valence electrons. The van der Waals surface area contributed by atoms with Gasteiger partial charge in [0.15, 0.2) is 11.6 Å². The SMILES string of the molecule is CNCC(O)COc1cc(Br)ccc1F. The van der Waals surface area contributed by atoms with E-state index in [0.29, 0.717) is 6.54 Å². The van der Waals surface area contributed by atoms with Crippen molar-refractivity contribution in [3.05, 3.63) is 28.5 Å². The van der Waals surface area contributed by atoms with Gasteiger partial charge >= 0.3 is 0 Å². The van der Waals surface area contributed by atoms with Crippen LogP contribution in [-0.2, 0) is 0 Å². The van der Waals surface area contributed by atoms with E-state index in [2.05, 4.69) is 21.2 Å². The normalized spacial score (nSPS) is 12.5. The van der Waals surface area contributed by atoms with Crippen LogP contribution in [0.1, 0.15) is 0 Å². The van der Waals surface area contributed by atoms with Gasteiger partial charge in [0.2, 0.25) is 0 Å². The molecule has 0 heterocycles. The van der Waals surface area contributed by atoms with Gasteiger partial charge in [-0.25, -0.2) is 4.39 Å². The lowest BCUT2D eigenvalue weighted by Crippen LogP contribution is -2.29. The van der Waals surface area contributed by atoms with Crippen molar-refractivity contribution >= 4 is 15.9 Å². The number of halogens is 2. The average Bonchev–Trinajstić information content (AvgIpc) is 2.20. The van der Waals surface area contributed by atoms with Gasteiger partial charge in [0.05, 0.1) is 0 Å². The van der Waals surface area contributed by atoms with Crippen molar-refractivity contribution in [2.24, 2.45) is 0 Å². The first kappa shape index (κ1) is 12.4. The molecule has 2 N–H and O–H groups in total. The van der Waals surface area contributed by atoms with Crippen molar-refractivity contribution < 1.29 is 14.2 Å². The number of ether oxygens (including phenoxy) is 1. The maximum absolute atomic E-state index is 13.2. The Labute approximate surface area is 96.4 Å². The maximum Gasteiger partial charge on any atom is 0.165 e. The third kappa shape index (κ3) is 4.15. The highest BCUT2D eigenvalue weighted by atomic mass is 79.9. The van der Waals surface area contributed by atoms with Crippen molar-refractivity contribution in [1.29, 1.82) is 0 Å². The Morgan fingerprint density at radius 3 is 3.00 bits per heavy atom. The highest BCUT2D eigenvalue weighted by Gasteiger charge is 2.07. The Morgan fingerprint density at radius 2 is 2.33 bits per heavy atom. The molecule has 0 aromatic heterocycles. The first-order chi connectivity index (χ1) is 7.13. The molecular weight excluding hydrogens is 265 g/mol. The van der Waals surface area contributed by atoms with Crippen molar-refractivity contribution in [1.82, 2.24) is 5.32 Å². The second kappa shape index (κ2) is 6.05. The third-order valence-corrected chi connectivity index (χ3v) is 2.26. The molecule has 0 fully saturated rings. The smallest absolute Gasteiger partial charge is 0.165 e. The van der Waals surface area contributed by atoms with Gasteiger partial charge in [0, 0.05) is 11.0 Å². The summed E-state index contributed by atoms with van der Waals surface area (Å²) < 4.78 is 19.0. The number of benzene rings is 1. The number of likely N-dealkylation sites (N-methyl/N-ethyl adjacent to an activating group) is 1. The van der Waals surface area contributed by atoms with Crippen LogP contribution in [0.5, 0.6) is 5.75 Å². The van der Waals surface area contributed by atoms with Crippen LogP contribution in [0.4, 0.5) is 4.39 Å². The minimum absolute atomic E-state index is 0.0637. The quantitative estimate of drug-likeness (QED) is 0.858. The van der Waals surface area contributed by atoms with Crippen molar-refractivity contribution in [3.8, 4) is 5.75 Å². The van der Waals surface area contributed by atoms with Crippen LogP contribution < -0.4 is 10.1 Å². The molecule has 1 aromatic rings. The van der Waals surface area contributed by atoms with Crippen LogP contribution in [0.15, 0.2) is 22.7 Å². The fourth-order valence-electron chi connectivity index (χ4n) is 1.07. The Kier molecular flexibility index (Phi) is 5.01. The van der Waals surface area contributed by atoms with Gasteiger partial charge in [-0.05, 0) is 25.2 Å². The van der Waals surface area contributed by atoms with E-state index in [1.807, 2.05) is 0 Å². The van der Waals surface area contributed by atoms with E-state index in [-0.39, 0.29) is 12.4 Å². The van der Waals surface area contributed by atoms with Crippen LogP contribution in [-0.4, -0.2) is 31.4 Å². The van der Waals surface area contributed by atoms with Gasteiger partial charge in [-0.2, -0.15) is 0 Å². The summed E-state index contributed by atoms with van der Waals surface area (Å²) in [4.78, 5) is 0. The van der Waals surface area contributed by atoms with E-state index in [9.17, 15) is 9.50 Å². The van der Waals surface area contributed by atoms with Crippen molar-refractivity contribution in [2.45, 2.75) is 6.10 Å². The van der Waals surface area contributed by atoms with Gasteiger partial charge < -0.3 is 15.2 Å². The second-order valence-electron chi connectivity index (χ2n) is 3.10. The van der Waals surface area contributed by atoms with E-state index in [0.717, 1.165) is 4.47 Å². The standard InChI is InChI=1S/C10H13BrFNO2/c1-13-5-8(14)6-15-10-4-7(11)2-3-9(10)12/h2-4,8,13-14H,5-6H2,1H3. The monoisotopic (exact) mass is 277 g/mol. The molecule has 0 saturated carbocycles. The van der Waals surface area contributed by atoms with Crippen LogP contribution in [0.3, 0.4) is 0 Å². The molecule has 5 heteroatoms. The number of aliphatic hydroxyl groups excluding tert-OH is 1. The topological polar surface area (TPSA) is 41.5 Å². The molecule has 1 aromatic carbocycles. The summed E-state index contributed by atoms with van der Waals surface area (Å²) in [6.07, 6.45) is -0.645. The van der Waals surface area contributed by atoms with Crippen LogP contribution in [0.2, 0.25) is 0 Å². The molecule has 0 radical (unpaired) electrons. The molecule has 0 saturated heterocycles. The van der Waals surface area contributed by atoms with E-state index in [4.69, 9.17) is 4.74 Å². The predicted octanol–water partition coefficient (Wildman–Crippen LogP) is 1.55. The van der Waals surface area contributed by atoms with Crippen molar-refractivity contribution in [2.75, 3.05) is 20.2 Å². The Balaban J connectivity index is 2.53. The molecule has 3 nitrogen and oxygen atoms in total. The van der Waals surface area contributed by atoms with Gasteiger partial charge in [-0.1, -0.05) is 15.9 Å². The molecule has 1 rings (SSSR count). The number of aliphatic hydroxyl groups is 1. The Morgan fingerprint density at radius 1 is 1.60 bits per heavy atom. The molecular formula is C10H13BrFNO2. The fourth-order valence-corrected chi connectivity index (χ4v) is 1.41. The summed E-state index contributed by atoms with van der Waals surface area (Å²) in [6, 6.07) is 4.43. The summed E-state index contributed by atoms with van der Waals surface area (Å²) in [5.41, 5.74) is 0. The third-order valence-electron chi connectivity index (χ3n) is 1.76. The number of nitrogens with one attached hydrogen (secondary N) is 1. The van der Waals surface area contributed by atoms with E-state index in [1.54, 1.807) is 13.1 Å². The molecule has 15 heavy (non-hydrogen) atoms. The minimum atomic E-state index is -0.645.